The number of nitrogens with zero attached hydrogens (tertiary/aromatic N) is 2. The molecule has 3 aromatic heterocycles. The quantitative estimate of drug-likeness (QED) is 0.744. The summed E-state index contributed by atoms with van der Waals surface area (Å²) in [6.07, 6.45) is 2.09. The van der Waals surface area contributed by atoms with Crippen molar-refractivity contribution in [3.05, 3.63) is 32.8 Å². The van der Waals surface area contributed by atoms with Crippen LogP contribution >= 0.6 is 22.7 Å². The van der Waals surface area contributed by atoms with Crippen LogP contribution in [0.5, 0.6) is 0 Å². The van der Waals surface area contributed by atoms with E-state index in [1.165, 1.54) is 14.6 Å². The molecule has 3 rings (SSSR count). The minimum atomic E-state index is 0.329. The maximum atomic E-state index is 5.82. The Kier molecular flexibility index (Phi) is 4.07. The highest BCUT2D eigenvalue weighted by atomic mass is 32.1. The molecule has 0 fully saturated rings. The predicted octanol–water partition coefficient (Wildman–Crippen LogP) is 4.07. The van der Waals surface area contributed by atoms with Crippen LogP contribution < -0.4 is 11.1 Å². The Morgan fingerprint density at radius 2 is 1.81 bits per heavy atom. The van der Waals surface area contributed by atoms with Gasteiger partial charge in [-0.25, -0.2) is 4.98 Å². The van der Waals surface area contributed by atoms with Crippen molar-refractivity contribution in [1.29, 1.82) is 0 Å². The van der Waals surface area contributed by atoms with Gasteiger partial charge >= 0.3 is 0 Å². The average molecular weight is 318 g/mol. The number of aryl methyl sites for hydroxylation is 2. The summed E-state index contributed by atoms with van der Waals surface area (Å²) < 4.78 is 0. The topological polar surface area (TPSA) is 63.8 Å². The summed E-state index contributed by atoms with van der Waals surface area (Å²) in [5.41, 5.74) is 5.82. The van der Waals surface area contributed by atoms with Crippen molar-refractivity contribution in [1.82, 2.24) is 9.97 Å². The van der Waals surface area contributed by atoms with E-state index in [2.05, 4.69) is 47.3 Å². The van der Waals surface area contributed by atoms with Crippen molar-refractivity contribution >= 4 is 44.7 Å². The monoisotopic (exact) mass is 318 g/mol. The highest BCUT2D eigenvalue weighted by molar-refractivity contribution is 7.18. The van der Waals surface area contributed by atoms with Gasteiger partial charge in [-0.3, -0.25) is 0 Å². The Morgan fingerprint density at radius 3 is 2.52 bits per heavy atom. The second-order valence-electron chi connectivity index (χ2n) is 4.79. The van der Waals surface area contributed by atoms with E-state index in [1.807, 2.05) is 11.3 Å². The third-order valence-corrected chi connectivity index (χ3v) is 5.71. The maximum Gasteiger partial charge on any atom is 0.223 e. The largest absolute Gasteiger partial charge is 0.368 e. The van der Waals surface area contributed by atoms with Crippen LogP contribution in [0, 0.1) is 0 Å². The Bertz CT molecular complexity index is 760. The lowest BCUT2D eigenvalue weighted by Gasteiger charge is -2.06. The normalized spacial score (nSPS) is 11.1. The number of anilines is 2. The first-order valence-corrected chi connectivity index (χ1v) is 8.70. The standard InChI is InChI=1S/C15H18N4S2/c1-3-9-5-6-11(20-9)8-17-13-12-7-10(4-2)21-14(12)19-15(16)18-13/h5-7H,3-4,8H2,1-2H3,(H3,16,17,18,19). The molecule has 0 saturated heterocycles. The van der Waals surface area contributed by atoms with E-state index >= 15 is 0 Å². The van der Waals surface area contributed by atoms with Gasteiger partial charge in [-0.2, -0.15) is 4.98 Å². The van der Waals surface area contributed by atoms with Crippen LogP contribution in [0.15, 0.2) is 18.2 Å². The summed E-state index contributed by atoms with van der Waals surface area (Å²) in [4.78, 5) is 13.7. The van der Waals surface area contributed by atoms with Gasteiger partial charge in [0, 0.05) is 14.6 Å². The molecule has 3 heterocycles. The van der Waals surface area contributed by atoms with Crippen LogP contribution in [0.2, 0.25) is 0 Å². The predicted molar refractivity (Wildman–Crippen MR) is 92.2 cm³/mol. The molecule has 0 aliphatic heterocycles. The van der Waals surface area contributed by atoms with Gasteiger partial charge in [0.1, 0.15) is 10.6 Å². The SMILES string of the molecule is CCc1ccc(CNc2nc(N)nc3sc(CC)cc23)s1. The molecule has 4 nitrogen and oxygen atoms in total. The van der Waals surface area contributed by atoms with Crippen molar-refractivity contribution in [2.75, 3.05) is 11.1 Å². The minimum absolute atomic E-state index is 0.329. The summed E-state index contributed by atoms with van der Waals surface area (Å²) >= 11 is 3.52. The lowest BCUT2D eigenvalue weighted by Crippen LogP contribution is -2.03. The molecule has 3 N–H and O–H groups in total. The third-order valence-electron chi connectivity index (χ3n) is 3.31. The van der Waals surface area contributed by atoms with Crippen molar-refractivity contribution in [3.8, 4) is 0 Å². The minimum Gasteiger partial charge on any atom is -0.368 e. The Balaban J connectivity index is 1.86. The van der Waals surface area contributed by atoms with Gasteiger partial charge in [0.15, 0.2) is 0 Å². The molecule has 110 valence electrons. The van der Waals surface area contributed by atoms with E-state index in [-0.39, 0.29) is 0 Å². The van der Waals surface area contributed by atoms with Crippen LogP contribution in [0.1, 0.15) is 28.5 Å². The summed E-state index contributed by atoms with van der Waals surface area (Å²) in [6.45, 7) is 5.09. The molecule has 0 aliphatic rings. The summed E-state index contributed by atoms with van der Waals surface area (Å²) in [5, 5.41) is 4.47. The van der Waals surface area contributed by atoms with Gasteiger partial charge in [0.2, 0.25) is 5.95 Å². The van der Waals surface area contributed by atoms with Gasteiger partial charge in [-0.15, -0.1) is 22.7 Å². The molecular weight excluding hydrogens is 300 g/mol. The zero-order chi connectivity index (χ0) is 14.8. The number of nitrogens with one attached hydrogen (secondary N) is 1. The molecule has 0 aromatic carbocycles. The molecule has 0 radical (unpaired) electrons. The van der Waals surface area contributed by atoms with Crippen LogP contribution in [-0.2, 0) is 19.4 Å². The molecular formula is C15H18N4S2. The fourth-order valence-electron chi connectivity index (χ4n) is 2.18. The molecule has 3 aromatic rings. The van der Waals surface area contributed by atoms with Crippen molar-refractivity contribution < 1.29 is 0 Å². The summed E-state index contributed by atoms with van der Waals surface area (Å²) in [6, 6.07) is 6.52. The second-order valence-corrected chi connectivity index (χ2v) is 7.16. The average Bonchev–Trinajstić information content (AvgIpc) is 3.10. The second kappa shape index (κ2) is 5.99. The highest BCUT2D eigenvalue weighted by Crippen LogP contribution is 2.30. The Hall–Kier alpha value is -1.66. The molecule has 0 amide bonds. The number of hydrogen-bond donors (Lipinski definition) is 2. The number of nitrogens with two attached hydrogens (primary N) is 1. The number of rotatable bonds is 5. The zero-order valence-corrected chi connectivity index (χ0v) is 13.8. The molecule has 0 bridgehead atoms. The van der Waals surface area contributed by atoms with Crippen molar-refractivity contribution in [2.24, 2.45) is 0 Å². The third kappa shape index (κ3) is 3.01. The fourth-order valence-corrected chi connectivity index (χ4v) is 4.05. The van der Waals surface area contributed by atoms with Gasteiger partial charge in [-0.05, 0) is 31.0 Å². The van der Waals surface area contributed by atoms with E-state index in [9.17, 15) is 0 Å². The number of nitrogen functional groups attached to an aromatic ring is 1. The lowest BCUT2D eigenvalue weighted by molar-refractivity contribution is 1.14. The Morgan fingerprint density at radius 1 is 1.05 bits per heavy atom. The molecule has 0 aliphatic carbocycles. The lowest BCUT2D eigenvalue weighted by atomic mass is 10.3. The first-order valence-electron chi connectivity index (χ1n) is 7.07. The number of thiophene rings is 2. The van der Waals surface area contributed by atoms with Crippen LogP contribution in [0.25, 0.3) is 10.2 Å². The van der Waals surface area contributed by atoms with E-state index < -0.39 is 0 Å². The van der Waals surface area contributed by atoms with Crippen LogP contribution in [-0.4, -0.2) is 9.97 Å². The smallest absolute Gasteiger partial charge is 0.223 e. The van der Waals surface area contributed by atoms with Crippen LogP contribution in [0.4, 0.5) is 11.8 Å². The van der Waals surface area contributed by atoms with E-state index in [1.54, 1.807) is 11.3 Å². The fraction of sp³-hybridized carbons (Fsp3) is 0.333. The first-order chi connectivity index (χ1) is 10.2. The molecule has 0 unspecified atom stereocenters. The van der Waals surface area contributed by atoms with E-state index in [0.29, 0.717) is 5.95 Å². The summed E-state index contributed by atoms with van der Waals surface area (Å²) in [5.74, 6) is 1.16. The molecule has 0 spiro atoms. The zero-order valence-electron chi connectivity index (χ0n) is 12.1. The van der Waals surface area contributed by atoms with Gasteiger partial charge < -0.3 is 11.1 Å². The van der Waals surface area contributed by atoms with Crippen molar-refractivity contribution in [2.45, 2.75) is 33.2 Å². The van der Waals surface area contributed by atoms with Crippen LogP contribution in [0.3, 0.4) is 0 Å². The number of hydrogen-bond acceptors (Lipinski definition) is 6. The molecule has 21 heavy (non-hydrogen) atoms. The number of fused-ring (bicyclic) bond motifs is 1. The molecule has 0 saturated carbocycles. The van der Waals surface area contributed by atoms with E-state index in [0.717, 1.165) is 35.4 Å². The maximum absolute atomic E-state index is 5.82. The number of aromatic nitrogens is 2. The molecule has 6 heteroatoms. The summed E-state index contributed by atoms with van der Waals surface area (Å²) in [7, 11) is 0. The highest BCUT2D eigenvalue weighted by Gasteiger charge is 2.10. The van der Waals surface area contributed by atoms with Gasteiger partial charge in [0.25, 0.3) is 0 Å². The van der Waals surface area contributed by atoms with Gasteiger partial charge in [0.05, 0.1) is 11.9 Å². The van der Waals surface area contributed by atoms with E-state index in [4.69, 9.17) is 5.73 Å². The first kappa shape index (κ1) is 14.3. The van der Waals surface area contributed by atoms with Gasteiger partial charge in [-0.1, -0.05) is 13.8 Å². The van der Waals surface area contributed by atoms with Crippen molar-refractivity contribution in [3.63, 3.8) is 0 Å². The molecule has 0 atom stereocenters. The Labute approximate surface area is 132 Å².